The van der Waals surface area contributed by atoms with E-state index in [9.17, 15) is 0 Å². The third-order valence-corrected chi connectivity index (χ3v) is 3.01. The summed E-state index contributed by atoms with van der Waals surface area (Å²) in [6.07, 6.45) is 3.64. The van der Waals surface area contributed by atoms with E-state index in [0.717, 1.165) is 37.1 Å². The first-order valence-electron chi connectivity index (χ1n) is 6.96. The van der Waals surface area contributed by atoms with Crippen LogP contribution in [0.1, 0.15) is 25.2 Å². The summed E-state index contributed by atoms with van der Waals surface area (Å²) in [5, 5.41) is 3.24. The Kier molecular flexibility index (Phi) is 4.87. The molecular weight excluding hydrogens is 250 g/mol. The van der Waals surface area contributed by atoms with Crippen molar-refractivity contribution in [1.82, 2.24) is 15.0 Å². The highest BCUT2D eigenvalue weighted by Crippen LogP contribution is 2.18. The van der Waals surface area contributed by atoms with Gasteiger partial charge in [-0.15, -0.1) is 0 Å². The molecule has 0 amide bonds. The molecule has 2 heterocycles. The predicted molar refractivity (Wildman–Crippen MR) is 81.9 cm³/mol. The summed E-state index contributed by atoms with van der Waals surface area (Å²) in [6, 6.07) is 6.06. The molecule has 2 rings (SSSR count). The van der Waals surface area contributed by atoms with Crippen LogP contribution in [-0.2, 0) is 6.54 Å². The lowest BCUT2D eigenvalue weighted by Gasteiger charge is -2.22. The summed E-state index contributed by atoms with van der Waals surface area (Å²) >= 11 is 0. The zero-order valence-corrected chi connectivity index (χ0v) is 12.3. The second-order valence-electron chi connectivity index (χ2n) is 4.56. The molecule has 5 nitrogen and oxygen atoms in total. The van der Waals surface area contributed by atoms with Crippen molar-refractivity contribution in [3.8, 4) is 0 Å². The number of nitrogens with one attached hydrogen (secondary N) is 1. The van der Waals surface area contributed by atoms with Gasteiger partial charge in [0.05, 0.1) is 0 Å². The SMILES string of the molecule is CCNc1cc(N(CC)Cc2ccncc2)nc(C)n1. The Labute approximate surface area is 120 Å². The van der Waals surface area contributed by atoms with Gasteiger partial charge in [-0.25, -0.2) is 9.97 Å². The van der Waals surface area contributed by atoms with Gasteiger partial charge in [0.15, 0.2) is 0 Å². The summed E-state index contributed by atoms with van der Waals surface area (Å²) in [5.41, 5.74) is 1.23. The van der Waals surface area contributed by atoms with Crippen LogP contribution < -0.4 is 10.2 Å². The fourth-order valence-electron chi connectivity index (χ4n) is 2.05. The standard InChI is InChI=1S/C15H21N5/c1-4-17-14-10-15(19-12(3)18-14)20(5-2)11-13-6-8-16-9-7-13/h6-10H,4-5,11H2,1-3H3,(H,17,18,19). The lowest BCUT2D eigenvalue weighted by atomic mass is 10.2. The molecule has 1 N–H and O–H groups in total. The molecule has 0 fully saturated rings. The van der Waals surface area contributed by atoms with Crippen molar-refractivity contribution in [2.45, 2.75) is 27.3 Å². The smallest absolute Gasteiger partial charge is 0.134 e. The summed E-state index contributed by atoms with van der Waals surface area (Å²) < 4.78 is 0. The predicted octanol–water partition coefficient (Wildman–Crippen LogP) is 2.64. The maximum Gasteiger partial charge on any atom is 0.134 e. The summed E-state index contributed by atoms with van der Waals surface area (Å²) in [4.78, 5) is 15.2. The van der Waals surface area contributed by atoms with Gasteiger partial charge in [0.2, 0.25) is 0 Å². The maximum absolute atomic E-state index is 4.54. The van der Waals surface area contributed by atoms with Gasteiger partial charge in [0.25, 0.3) is 0 Å². The van der Waals surface area contributed by atoms with E-state index < -0.39 is 0 Å². The molecule has 5 heteroatoms. The molecule has 0 aliphatic heterocycles. The van der Waals surface area contributed by atoms with E-state index in [2.05, 4.69) is 39.0 Å². The van der Waals surface area contributed by atoms with Crippen molar-refractivity contribution in [3.63, 3.8) is 0 Å². The molecule has 0 aliphatic carbocycles. The number of hydrogen-bond acceptors (Lipinski definition) is 5. The molecule has 2 aromatic rings. The van der Waals surface area contributed by atoms with E-state index in [0.29, 0.717) is 0 Å². The van der Waals surface area contributed by atoms with Crippen LogP contribution in [-0.4, -0.2) is 28.0 Å². The third kappa shape index (κ3) is 3.66. The number of anilines is 2. The van der Waals surface area contributed by atoms with Crippen molar-refractivity contribution in [1.29, 1.82) is 0 Å². The van der Waals surface area contributed by atoms with Crippen LogP contribution in [0.4, 0.5) is 11.6 Å². The Hall–Kier alpha value is -2.17. The summed E-state index contributed by atoms with van der Waals surface area (Å²) in [7, 11) is 0. The number of pyridine rings is 1. The van der Waals surface area contributed by atoms with Gasteiger partial charge in [-0.2, -0.15) is 0 Å². The molecule has 106 valence electrons. The average molecular weight is 271 g/mol. The minimum absolute atomic E-state index is 0.784. The maximum atomic E-state index is 4.54. The lowest BCUT2D eigenvalue weighted by molar-refractivity contribution is 0.803. The van der Waals surface area contributed by atoms with Crippen LogP contribution in [0.25, 0.3) is 0 Å². The molecule has 0 saturated carbocycles. The Bertz CT molecular complexity index is 541. The fraction of sp³-hybridized carbons (Fsp3) is 0.400. The number of aryl methyl sites for hydroxylation is 1. The van der Waals surface area contributed by atoms with Gasteiger partial charge in [-0.3, -0.25) is 4.98 Å². The van der Waals surface area contributed by atoms with Crippen molar-refractivity contribution < 1.29 is 0 Å². The highest BCUT2D eigenvalue weighted by Gasteiger charge is 2.09. The first-order valence-corrected chi connectivity index (χ1v) is 6.96. The summed E-state index contributed by atoms with van der Waals surface area (Å²) in [6.45, 7) is 8.68. The van der Waals surface area contributed by atoms with Crippen LogP contribution in [0.2, 0.25) is 0 Å². The van der Waals surface area contributed by atoms with Crippen molar-refractivity contribution in [2.75, 3.05) is 23.3 Å². The van der Waals surface area contributed by atoms with Gasteiger partial charge in [-0.1, -0.05) is 0 Å². The van der Waals surface area contributed by atoms with Crippen molar-refractivity contribution >= 4 is 11.6 Å². The molecule has 0 unspecified atom stereocenters. The van der Waals surface area contributed by atoms with Gasteiger partial charge in [0, 0.05) is 38.1 Å². The second-order valence-corrected chi connectivity index (χ2v) is 4.56. The normalized spacial score (nSPS) is 10.3. The minimum Gasteiger partial charge on any atom is -0.370 e. The molecule has 0 aromatic carbocycles. The van der Waals surface area contributed by atoms with Gasteiger partial charge >= 0.3 is 0 Å². The lowest BCUT2D eigenvalue weighted by Crippen LogP contribution is -2.23. The molecule has 0 radical (unpaired) electrons. The molecular formula is C15H21N5. The third-order valence-electron chi connectivity index (χ3n) is 3.01. The van der Waals surface area contributed by atoms with Crippen LogP contribution in [0.5, 0.6) is 0 Å². The monoisotopic (exact) mass is 271 g/mol. The van der Waals surface area contributed by atoms with Crippen LogP contribution in [0.15, 0.2) is 30.6 Å². The number of rotatable bonds is 6. The van der Waals surface area contributed by atoms with Crippen molar-refractivity contribution in [3.05, 3.63) is 42.0 Å². The summed E-state index contributed by atoms with van der Waals surface area (Å²) in [5.74, 6) is 2.61. The van der Waals surface area contributed by atoms with E-state index in [1.54, 1.807) is 0 Å². The average Bonchev–Trinajstić information content (AvgIpc) is 2.45. The van der Waals surface area contributed by atoms with Gasteiger partial charge in [-0.05, 0) is 38.5 Å². The molecule has 0 bridgehead atoms. The van der Waals surface area contributed by atoms with Crippen LogP contribution in [0.3, 0.4) is 0 Å². The minimum atomic E-state index is 0.784. The highest BCUT2D eigenvalue weighted by atomic mass is 15.2. The molecule has 0 spiro atoms. The fourth-order valence-corrected chi connectivity index (χ4v) is 2.05. The Balaban J connectivity index is 2.22. The molecule has 0 atom stereocenters. The van der Waals surface area contributed by atoms with E-state index in [4.69, 9.17) is 0 Å². The zero-order chi connectivity index (χ0) is 14.4. The molecule has 2 aromatic heterocycles. The Morgan fingerprint density at radius 1 is 1.15 bits per heavy atom. The Morgan fingerprint density at radius 2 is 1.90 bits per heavy atom. The number of aromatic nitrogens is 3. The largest absolute Gasteiger partial charge is 0.370 e. The molecule has 20 heavy (non-hydrogen) atoms. The molecule has 0 aliphatic rings. The topological polar surface area (TPSA) is 53.9 Å². The van der Waals surface area contributed by atoms with E-state index in [1.165, 1.54) is 5.56 Å². The quantitative estimate of drug-likeness (QED) is 0.875. The first-order chi connectivity index (χ1) is 9.72. The Morgan fingerprint density at radius 3 is 2.55 bits per heavy atom. The van der Waals surface area contributed by atoms with Gasteiger partial charge in [0.1, 0.15) is 17.5 Å². The van der Waals surface area contributed by atoms with E-state index in [1.807, 2.05) is 37.5 Å². The second kappa shape index (κ2) is 6.84. The van der Waals surface area contributed by atoms with Crippen LogP contribution in [0, 0.1) is 6.92 Å². The first kappa shape index (κ1) is 14.2. The zero-order valence-electron chi connectivity index (χ0n) is 12.3. The van der Waals surface area contributed by atoms with E-state index >= 15 is 0 Å². The number of nitrogens with zero attached hydrogens (tertiary/aromatic N) is 4. The van der Waals surface area contributed by atoms with Crippen molar-refractivity contribution in [2.24, 2.45) is 0 Å². The van der Waals surface area contributed by atoms with E-state index in [-0.39, 0.29) is 0 Å². The number of hydrogen-bond donors (Lipinski definition) is 1. The molecule has 0 saturated heterocycles. The van der Waals surface area contributed by atoms with Crippen LogP contribution >= 0.6 is 0 Å². The van der Waals surface area contributed by atoms with Gasteiger partial charge < -0.3 is 10.2 Å². The highest BCUT2D eigenvalue weighted by molar-refractivity contribution is 5.49.